The van der Waals surface area contributed by atoms with Gasteiger partial charge < -0.3 is 9.32 Å². The summed E-state index contributed by atoms with van der Waals surface area (Å²) in [4.78, 5) is 7.57. The van der Waals surface area contributed by atoms with Crippen molar-refractivity contribution in [3.8, 4) is 44.0 Å². The molecule has 5 heteroatoms. The predicted octanol–water partition coefficient (Wildman–Crippen LogP) is 16.7. The number of hydrogen-bond acceptors (Lipinski definition) is 5. The van der Waals surface area contributed by atoms with Gasteiger partial charge in [-0.25, -0.2) is 4.98 Å². The maximum atomic E-state index is 6.29. The molecule has 60 heavy (non-hydrogen) atoms. The van der Waals surface area contributed by atoms with E-state index in [2.05, 4.69) is 199 Å². The lowest BCUT2D eigenvalue weighted by Crippen LogP contribution is -2.10. The largest absolute Gasteiger partial charge is 0.456 e. The number of rotatable bonds is 7. The van der Waals surface area contributed by atoms with Crippen molar-refractivity contribution < 1.29 is 4.42 Å². The molecule has 0 spiro atoms. The molecule has 282 valence electrons. The first-order chi connectivity index (χ1) is 29.7. The third-order valence-corrected chi connectivity index (χ3v) is 13.7. The minimum Gasteiger partial charge on any atom is -0.456 e. The number of fused-ring (bicyclic) bond motifs is 8. The Kier molecular flexibility index (Phi) is 8.22. The summed E-state index contributed by atoms with van der Waals surface area (Å²) in [5.74, 6) is 0. The maximum absolute atomic E-state index is 6.29. The molecule has 3 nitrogen and oxygen atoms in total. The lowest BCUT2D eigenvalue weighted by Gasteiger charge is -2.26. The van der Waals surface area contributed by atoms with Crippen LogP contribution >= 0.6 is 22.7 Å². The van der Waals surface area contributed by atoms with Crippen molar-refractivity contribution in [2.24, 2.45) is 0 Å². The molecule has 12 rings (SSSR count). The summed E-state index contributed by atoms with van der Waals surface area (Å²) in [6, 6.07) is 73.8. The second-order valence-corrected chi connectivity index (χ2v) is 17.2. The van der Waals surface area contributed by atoms with Crippen molar-refractivity contribution in [2.75, 3.05) is 4.90 Å². The third-order valence-electron chi connectivity index (χ3n) is 11.5. The standard InChI is InChI=1S/C55H34N2OS2/c1-3-11-35(12-4-1)36-21-26-41(27-22-36)57(43-16-9-15-40(33-43)44-18-10-20-48-52(44)45-17-7-8-19-47(45)58-48)42-28-23-37(24-29-42)39-25-30-49-46(34-39)53-50(59-49)31-32-51-54(53)56-55(60-51)38-13-5-2-6-14-38/h1-34H. The first-order valence-corrected chi connectivity index (χ1v) is 21.7. The van der Waals surface area contributed by atoms with E-state index in [9.17, 15) is 0 Å². The highest BCUT2D eigenvalue weighted by Crippen LogP contribution is 2.44. The molecule has 0 N–H and O–H groups in total. The number of benzene rings is 9. The number of aromatic nitrogens is 1. The summed E-state index contributed by atoms with van der Waals surface area (Å²) in [5.41, 5.74) is 14.3. The quantitative estimate of drug-likeness (QED) is 0.161. The normalized spacial score (nSPS) is 11.7. The van der Waals surface area contributed by atoms with Crippen molar-refractivity contribution in [1.82, 2.24) is 4.98 Å². The Bertz CT molecular complexity index is 3530. The smallest absolute Gasteiger partial charge is 0.136 e. The van der Waals surface area contributed by atoms with Gasteiger partial charge in [0.2, 0.25) is 0 Å². The van der Waals surface area contributed by atoms with Crippen molar-refractivity contribution in [3.63, 3.8) is 0 Å². The van der Waals surface area contributed by atoms with Gasteiger partial charge in [-0.05, 0) is 106 Å². The number of para-hydroxylation sites is 1. The highest BCUT2D eigenvalue weighted by molar-refractivity contribution is 7.26. The second-order valence-electron chi connectivity index (χ2n) is 15.1. The molecule has 0 fully saturated rings. The van der Waals surface area contributed by atoms with Crippen LogP contribution in [0.3, 0.4) is 0 Å². The van der Waals surface area contributed by atoms with E-state index in [0.29, 0.717) is 0 Å². The zero-order chi connectivity index (χ0) is 39.6. The second kappa shape index (κ2) is 14.2. The van der Waals surface area contributed by atoms with E-state index >= 15 is 0 Å². The highest BCUT2D eigenvalue weighted by Gasteiger charge is 2.18. The van der Waals surface area contributed by atoms with Gasteiger partial charge in [-0.3, -0.25) is 0 Å². The van der Waals surface area contributed by atoms with Crippen LogP contribution in [-0.4, -0.2) is 4.98 Å². The van der Waals surface area contributed by atoms with E-state index in [-0.39, 0.29) is 0 Å². The lowest BCUT2D eigenvalue weighted by molar-refractivity contribution is 0.669. The lowest BCUT2D eigenvalue weighted by atomic mass is 9.98. The predicted molar refractivity (Wildman–Crippen MR) is 256 cm³/mol. The molecule has 0 saturated heterocycles. The fourth-order valence-corrected chi connectivity index (χ4v) is 10.7. The average Bonchev–Trinajstić information content (AvgIpc) is 4.04. The van der Waals surface area contributed by atoms with Crippen LogP contribution in [0.1, 0.15) is 0 Å². The molecule has 0 radical (unpaired) electrons. The van der Waals surface area contributed by atoms with Gasteiger partial charge in [0.1, 0.15) is 16.2 Å². The van der Waals surface area contributed by atoms with Crippen LogP contribution < -0.4 is 4.90 Å². The summed E-state index contributed by atoms with van der Waals surface area (Å²) in [5, 5.41) is 5.81. The number of anilines is 3. The topological polar surface area (TPSA) is 29.3 Å². The summed E-state index contributed by atoms with van der Waals surface area (Å²) in [6.45, 7) is 0. The summed E-state index contributed by atoms with van der Waals surface area (Å²) in [6.07, 6.45) is 0. The molecule has 0 aliphatic heterocycles. The van der Waals surface area contributed by atoms with Gasteiger partial charge in [-0.2, -0.15) is 0 Å². The van der Waals surface area contributed by atoms with Gasteiger partial charge in [0.25, 0.3) is 0 Å². The van der Waals surface area contributed by atoms with E-state index in [0.717, 1.165) is 66.2 Å². The number of furan rings is 1. The van der Waals surface area contributed by atoms with Crippen LogP contribution in [0.5, 0.6) is 0 Å². The average molecular weight is 803 g/mol. The fourth-order valence-electron chi connectivity index (χ4n) is 8.65. The Labute approximate surface area is 354 Å². The van der Waals surface area contributed by atoms with Crippen LogP contribution in [0.2, 0.25) is 0 Å². The molecule has 3 heterocycles. The summed E-state index contributed by atoms with van der Waals surface area (Å²) in [7, 11) is 0. The minimum absolute atomic E-state index is 0.893. The Hall–Kier alpha value is -7.31. The SMILES string of the molecule is c1ccc(-c2ccc(N(c3ccc(-c4ccc5sc6ccc7sc(-c8ccccc8)nc7c6c5c4)cc3)c3cccc(-c4cccc5oc6ccccc6c45)c3)cc2)cc1. The first-order valence-electron chi connectivity index (χ1n) is 20.1. The number of thiophene rings is 1. The zero-order valence-electron chi connectivity index (χ0n) is 32.2. The van der Waals surface area contributed by atoms with Gasteiger partial charge in [-0.1, -0.05) is 133 Å². The van der Waals surface area contributed by atoms with E-state index in [1.165, 1.54) is 47.1 Å². The molecular weight excluding hydrogens is 769 g/mol. The highest BCUT2D eigenvalue weighted by atomic mass is 32.1. The van der Waals surface area contributed by atoms with Crippen molar-refractivity contribution >= 4 is 92.1 Å². The molecule has 0 unspecified atom stereocenters. The van der Waals surface area contributed by atoms with Gasteiger partial charge in [0.05, 0.1) is 10.2 Å². The number of thiazole rings is 1. The van der Waals surface area contributed by atoms with Crippen LogP contribution in [-0.2, 0) is 0 Å². The van der Waals surface area contributed by atoms with E-state index in [1.807, 2.05) is 23.5 Å². The fraction of sp³-hybridized carbons (Fsp3) is 0. The molecule has 12 aromatic rings. The molecule has 3 aromatic heterocycles. The van der Waals surface area contributed by atoms with Gasteiger partial charge in [-0.15, -0.1) is 22.7 Å². The Morgan fingerprint density at radius 2 is 0.967 bits per heavy atom. The molecule has 0 saturated carbocycles. The third kappa shape index (κ3) is 5.90. The van der Waals surface area contributed by atoms with Gasteiger partial charge >= 0.3 is 0 Å². The molecule has 9 aromatic carbocycles. The molecule has 0 bridgehead atoms. The van der Waals surface area contributed by atoms with Crippen LogP contribution in [0.25, 0.3) is 96.3 Å². The van der Waals surface area contributed by atoms with Crippen LogP contribution in [0, 0.1) is 0 Å². The molecule has 0 atom stereocenters. The van der Waals surface area contributed by atoms with Gasteiger partial charge in [0, 0.05) is 53.6 Å². The van der Waals surface area contributed by atoms with Crippen LogP contribution in [0.15, 0.2) is 211 Å². The zero-order valence-corrected chi connectivity index (χ0v) is 33.9. The number of hydrogen-bond donors (Lipinski definition) is 0. The number of nitrogens with zero attached hydrogens (tertiary/aromatic N) is 2. The minimum atomic E-state index is 0.893. The Morgan fingerprint density at radius 1 is 0.367 bits per heavy atom. The van der Waals surface area contributed by atoms with E-state index in [1.54, 1.807) is 11.3 Å². The van der Waals surface area contributed by atoms with E-state index < -0.39 is 0 Å². The Balaban J connectivity index is 0.956. The molecule has 0 amide bonds. The maximum Gasteiger partial charge on any atom is 0.136 e. The Morgan fingerprint density at radius 3 is 1.75 bits per heavy atom. The van der Waals surface area contributed by atoms with Crippen molar-refractivity contribution in [2.45, 2.75) is 0 Å². The first kappa shape index (κ1) is 34.7. The van der Waals surface area contributed by atoms with Crippen LogP contribution in [0.4, 0.5) is 17.1 Å². The summed E-state index contributed by atoms with van der Waals surface area (Å²) < 4.78 is 10.0. The molecular formula is C55H34N2OS2. The van der Waals surface area contributed by atoms with Gasteiger partial charge in [0.15, 0.2) is 0 Å². The van der Waals surface area contributed by atoms with Crippen molar-refractivity contribution in [1.29, 1.82) is 0 Å². The van der Waals surface area contributed by atoms with Crippen molar-refractivity contribution in [3.05, 3.63) is 206 Å². The summed E-state index contributed by atoms with van der Waals surface area (Å²) >= 11 is 3.60. The van der Waals surface area contributed by atoms with E-state index in [4.69, 9.17) is 9.40 Å². The monoisotopic (exact) mass is 802 g/mol. The molecule has 0 aliphatic carbocycles. The molecule has 0 aliphatic rings.